The van der Waals surface area contributed by atoms with E-state index in [0.29, 0.717) is 6.04 Å². The van der Waals surface area contributed by atoms with Crippen LogP contribution in [0.5, 0.6) is 0 Å². The van der Waals surface area contributed by atoms with Crippen LogP contribution in [-0.4, -0.2) is 41.4 Å². The smallest absolute Gasteiger partial charge is 0.254 e. The third kappa shape index (κ3) is 2.98. The number of nitrogens with zero attached hydrogens (tertiary/aromatic N) is 2. The maximum Gasteiger partial charge on any atom is 0.254 e. The van der Waals surface area contributed by atoms with Crippen LogP contribution < -0.4 is 0 Å². The number of hydrogen-bond acceptors (Lipinski definition) is 2. The highest BCUT2D eigenvalue weighted by molar-refractivity contribution is 5.97. The first-order valence-electron chi connectivity index (χ1n) is 9.21. The van der Waals surface area contributed by atoms with Gasteiger partial charge in [-0.15, -0.1) is 0 Å². The van der Waals surface area contributed by atoms with E-state index in [4.69, 9.17) is 0 Å². The molecule has 0 aliphatic carbocycles. The predicted molar refractivity (Wildman–Crippen MR) is 101 cm³/mol. The molecule has 3 nitrogen and oxygen atoms in total. The summed E-state index contributed by atoms with van der Waals surface area (Å²) in [6, 6.07) is 13.5. The SMILES string of the molecule is Cc1cc(C)c(C(=O)N2CC(N3CCc4ccccc4C3)C2)c(C)c1. The molecule has 0 N–H and O–H groups in total. The molecule has 2 heterocycles. The molecule has 2 aromatic rings. The Balaban J connectivity index is 1.42. The van der Waals surface area contributed by atoms with E-state index in [2.05, 4.69) is 48.2 Å². The van der Waals surface area contributed by atoms with Crippen LogP contribution in [0.15, 0.2) is 36.4 Å². The zero-order valence-electron chi connectivity index (χ0n) is 15.4. The molecular formula is C22H26N2O. The van der Waals surface area contributed by atoms with Crippen LogP contribution in [-0.2, 0) is 13.0 Å². The molecule has 1 amide bonds. The Bertz CT molecular complexity index is 798. The predicted octanol–water partition coefficient (Wildman–Crippen LogP) is 3.49. The van der Waals surface area contributed by atoms with E-state index >= 15 is 0 Å². The average Bonchev–Trinajstić information content (AvgIpc) is 2.52. The summed E-state index contributed by atoms with van der Waals surface area (Å²) >= 11 is 0. The van der Waals surface area contributed by atoms with Gasteiger partial charge in [0, 0.05) is 37.8 Å². The van der Waals surface area contributed by atoms with Crippen molar-refractivity contribution in [2.45, 2.75) is 39.8 Å². The summed E-state index contributed by atoms with van der Waals surface area (Å²) in [5.41, 5.74) is 7.24. The Morgan fingerprint density at radius 3 is 2.32 bits per heavy atom. The van der Waals surface area contributed by atoms with Gasteiger partial charge in [0.05, 0.1) is 0 Å². The quantitative estimate of drug-likeness (QED) is 0.839. The number of amides is 1. The summed E-state index contributed by atoms with van der Waals surface area (Å²) in [5, 5.41) is 0. The average molecular weight is 334 g/mol. The van der Waals surface area contributed by atoms with Crippen molar-refractivity contribution >= 4 is 5.91 Å². The summed E-state index contributed by atoms with van der Waals surface area (Å²) < 4.78 is 0. The van der Waals surface area contributed by atoms with Crippen molar-refractivity contribution in [3.63, 3.8) is 0 Å². The first-order valence-corrected chi connectivity index (χ1v) is 9.21. The maximum atomic E-state index is 12.9. The summed E-state index contributed by atoms with van der Waals surface area (Å²) in [4.78, 5) is 17.5. The van der Waals surface area contributed by atoms with E-state index in [0.717, 1.165) is 49.3 Å². The standard InChI is InChI=1S/C22H26N2O/c1-15-10-16(2)21(17(3)11-15)22(25)24-13-20(14-24)23-9-8-18-6-4-5-7-19(18)12-23/h4-7,10-11,20H,8-9,12-14H2,1-3H3. The van der Waals surface area contributed by atoms with Gasteiger partial charge in [-0.2, -0.15) is 0 Å². The van der Waals surface area contributed by atoms with E-state index in [1.807, 2.05) is 18.7 Å². The van der Waals surface area contributed by atoms with Gasteiger partial charge in [-0.1, -0.05) is 42.0 Å². The molecule has 0 saturated carbocycles. The minimum Gasteiger partial charge on any atom is -0.335 e. The van der Waals surface area contributed by atoms with Crippen molar-refractivity contribution in [2.24, 2.45) is 0 Å². The molecule has 1 fully saturated rings. The Morgan fingerprint density at radius 1 is 1.00 bits per heavy atom. The Kier molecular flexibility index (Phi) is 4.12. The first-order chi connectivity index (χ1) is 12.0. The number of rotatable bonds is 2. The molecule has 0 bridgehead atoms. The number of hydrogen-bond donors (Lipinski definition) is 0. The van der Waals surface area contributed by atoms with Crippen molar-refractivity contribution in [1.82, 2.24) is 9.80 Å². The molecule has 0 spiro atoms. The third-order valence-electron chi connectivity index (χ3n) is 5.72. The number of aryl methyl sites for hydroxylation is 3. The van der Waals surface area contributed by atoms with Crippen molar-refractivity contribution < 1.29 is 4.79 Å². The highest BCUT2D eigenvalue weighted by Gasteiger charge is 2.36. The summed E-state index contributed by atoms with van der Waals surface area (Å²) in [5.74, 6) is 0.198. The highest BCUT2D eigenvalue weighted by atomic mass is 16.2. The second-order valence-electron chi connectivity index (χ2n) is 7.63. The molecular weight excluding hydrogens is 308 g/mol. The van der Waals surface area contributed by atoms with Gasteiger partial charge < -0.3 is 4.90 Å². The van der Waals surface area contributed by atoms with Crippen LogP contribution >= 0.6 is 0 Å². The molecule has 130 valence electrons. The van der Waals surface area contributed by atoms with Gasteiger partial charge in [0.2, 0.25) is 0 Å². The number of carbonyl (C=O) groups is 1. The van der Waals surface area contributed by atoms with Crippen molar-refractivity contribution in [3.8, 4) is 0 Å². The Labute approximate surface area is 150 Å². The molecule has 2 aliphatic heterocycles. The molecule has 0 atom stereocenters. The minimum atomic E-state index is 0.198. The maximum absolute atomic E-state index is 12.9. The van der Waals surface area contributed by atoms with Gasteiger partial charge in [-0.05, 0) is 49.4 Å². The molecule has 0 aromatic heterocycles. The van der Waals surface area contributed by atoms with Crippen LogP contribution in [0.1, 0.15) is 38.2 Å². The van der Waals surface area contributed by atoms with Crippen LogP contribution in [0.4, 0.5) is 0 Å². The lowest BCUT2D eigenvalue weighted by molar-refractivity contribution is 0.0217. The summed E-state index contributed by atoms with van der Waals surface area (Å²) in [7, 11) is 0. The van der Waals surface area contributed by atoms with Gasteiger partial charge >= 0.3 is 0 Å². The third-order valence-corrected chi connectivity index (χ3v) is 5.72. The number of likely N-dealkylation sites (tertiary alicyclic amines) is 1. The lowest BCUT2D eigenvalue weighted by atomic mass is 9.94. The van der Waals surface area contributed by atoms with Crippen molar-refractivity contribution in [1.29, 1.82) is 0 Å². The molecule has 4 rings (SSSR count). The second-order valence-corrected chi connectivity index (χ2v) is 7.63. The number of carbonyl (C=O) groups excluding carboxylic acids is 1. The van der Waals surface area contributed by atoms with Crippen molar-refractivity contribution in [2.75, 3.05) is 19.6 Å². The molecule has 0 radical (unpaired) electrons. The molecule has 25 heavy (non-hydrogen) atoms. The normalized spacial score (nSPS) is 18.0. The summed E-state index contributed by atoms with van der Waals surface area (Å²) in [6.45, 7) is 10.0. The zero-order valence-corrected chi connectivity index (χ0v) is 15.4. The summed E-state index contributed by atoms with van der Waals surface area (Å²) in [6.07, 6.45) is 1.12. The molecule has 1 saturated heterocycles. The van der Waals surface area contributed by atoms with Crippen molar-refractivity contribution in [3.05, 3.63) is 69.8 Å². The van der Waals surface area contributed by atoms with Gasteiger partial charge in [0.15, 0.2) is 0 Å². The van der Waals surface area contributed by atoms with Crippen LogP contribution in [0, 0.1) is 20.8 Å². The minimum absolute atomic E-state index is 0.198. The van der Waals surface area contributed by atoms with Crippen LogP contribution in [0.3, 0.4) is 0 Å². The second kappa shape index (κ2) is 6.30. The van der Waals surface area contributed by atoms with E-state index < -0.39 is 0 Å². The fourth-order valence-electron chi connectivity index (χ4n) is 4.36. The molecule has 3 heteroatoms. The number of benzene rings is 2. The molecule has 0 unspecified atom stereocenters. The number of fused-ring (bicyclic) bond motifs is 1. The molecule has 2 aromatic carbocycles. The van der Waals surface area contributed by atoms with Gasteiger partial charge in [-0.3, -0.25) is 9.69 Å². The zero-order chi connectivity index (χ0) is 17.6. The monoisotopic (exact) mass is 334 g/mol. The lowest BCUT2D eigenvalue weighted by Crippen LogP contribution is -2.61. The lowest BCUT2D eigenvalue weighted by Gasteiger charge is -2.47. The van der Waals surface area contributed by atoms with Gasteiger partial charge in [0.1, 0.15) is 0 Å². The highest BCUT2D eigenvalue weighted by Crippen LogP contribution is 2.27. The fraction of sp³-hybridized carbons (Fsp3) is 0.409. The van der Waals surface area contributed by atoms with E-state index in [1.54, 1.807) is 0 Å². The fourth-order valence-corrected chi connectivity index (χ4v) is 4.36. The van der Waals surface area contributed by atoms with E-state index in [9.17, 15) is 4.79 Å². The molecule has 2 aliphatic rings. The van der Waals surface area contributed by atoms with Gasteiger partial charge in [0.25, 0.3) is 5.91 Å². The largest absolute Gasteiger partial charge is 0.335 e. The van der Waals surface area contributed by atoms with E-state index in [1.165, 1.54) is 16.7 Å². The van der Waals surface area contributed by atoms with E-state index in [-0.39, 0.29) is 5.91 Å². The Morgan fingerprint density at radius 2 is 1.64 bits per heavy atom. The van der Waals surface area contributed by atoms with Crippen LogP contribution in [0.25, 0.3) is 0 Å². The topological polar surface area (TPSA) is 23.6 Å². The first kappa shape index (κ1) is 16.3. The van der Waals surface area contributed by atoms with Gasteiger partial charge in [-0.25, -0.2) is 0 Å². The Hall–Kier alpha value is -2.13. The van der Waals surface area contributed by atoms with Crippen LogP contribution in [0.2, 0.25) is 0 Å².